The van der Waals surface area contributed by atoms with Gasteiger partial charge in [0.15, 0.2) is 0 Å². The minimum atomic E-state index is -3.48. The SMILES string of the molecule is CN(C1(CN)CCCCC1)S(=O)(=O)NC(C)(C)C. The molecule has 0 bridgehead atoms. The first-order valence-corrected chi connectivity index (χ1v) is 8.05. The molecule has 0 spiro atoms. The predicted molar refractivity (Wildman–Crippen MR) is 74.4 cm³/mol. The first-order chi connectivity index (χ1) is 8.13. The summed E-state index contributed by atoms with van der Waals surface area (Å²) in [7, 11) is -1.84. The molecule has 0 saturated heterocycles. The summed E-state index contributed by atoms with van der Waals surface area (Å²) in [4.78, 5) is 0. The van der Waals surface area contributed by atoms with Gasteiger partial charge in [-0.2, -0.15) is 17.4 Å². The quantitative estimate of drug-likeness (QED) is 0.811. The molecule has 5 nitrogen and oxygen atoms in total. The molecule has 0 atom stereocenters. The van der Waals surface area contributed by atoms with Crippen molar-refractivity contribution in [1.29, 1.82) is 0 Å². The summed E-state index contributed by atoms with van der Waals surface area (Å²) in [5.41, 5.74) is 4.98. The molecule has 0 aromatic carbocycles. The number of nitrogens with two attached hydrogens (primary N) is 1. The second kappa shape index (κ2) is 5.45. The van der Waals surface area contributed by atoms with Crippen LogP contribution in [-0.2, 0) is 10.2 Å². The zero-order valence-electron chi connectivity index (χ0n) is 12.0. The van der Waals surface area contributed by atoms with E-state index in [9.17, 15) is 8.42 Å². The zero-order valence-corrected chi connectivity index (χ0v) is 12.8. The van der Waals surface area contributed by atoms with Crippen LogP contribution in [0, 0.1) is 0 Å². The number of rotatable bonds is 4. The van der Waals surface area contributed by atoms with Crippen molar-refractivity contribution in [3.05, 3.63) is 0 Å². The van der Waals surface area contributed by atoms with E-state index < -0.39 is 21.3 Å². The fourth-order valence-corrected chi connectivity index (χ4v) is 4.25. The van der Waals surface area contributed by atoms with Crippen LogP contribution in [0.2, 0.25) is 0 Å². The Morgan fingerprint density at radius 2 is 1.72 bits per heavy atom. The largest absolute Gasteiger partial charge is 0.329 e. The molecule has 1 fully saturated rings. The number of nitrogens with zero attached hydrogens (tertiary/aromatic N) is 1. The first-order valence-electron chi connectivity index (χ1n) is 6.61. The minimum absolute atomic E-state index is 0.383. The second-order valence-electron chi connectivity index (χ2n) is 6.31. The highest BCUT2D eigenvalue weighted by Gasteiger charge is 2.41. The van der Waals surface area contributed by atoms with Crippen molar-refractivity contribution in [2.24, 2.45) is 5.73 Å². The minimum Gasteiger partial charge on any atom is -0.329 e. The molecule has 0 aliphatic heterocycles. The average Bonchev–Trinajstić information content (AvgIpc) is 2.26. The summed E-state index contributed by atoms with van der Waals surface area (Å²) in [6.07, 6.45) is 4.97. The van der Waals surface area contributed by atoms with Gasteiger partial charge in [0, 0.05) is 24.7 Å². The molecule has 1 aliphatic rings. The second-order valence-corrected chi connectivity index (χ2v) is 8.02. The van der Waals surface area contributed by atoms with Crippen molar-refractivity contribution >= 4 is 10.2 Å². The summed E-state index contributed by atoms with van der Waals surface area (Å²) in [6.45, 7) is 5.91. The molecule has 1 aliphatic carbocycles. The third kappa shape index (κ3) is 3.66. The Hall–Kier alpha value is -0.170. The Kier molecular flexibility index (Phi) is 4.81. The van der Waals surface area contributed by atoms with E-state index in [1.54, 1.807) is 7.05 Å². The lowest BCUT2D eigenvalue weighted by Crippen LogP contribution is -2.60. The molecule has 1 saturated carbocycles. The van der Waals surface area contributed by atoms with E-state index in [1.807, 2.05) is 20.8 Å². The van der Waals surface area contributed by atoms with Gasteiger partial charge in [0.05, 0.1) is 0 Å². The van der Waals surface area contributed by atoms with Crippen molar-refractivity contribution in [3.8, 4) is 0 Å². The van der Waals surface area contributed by atoms with Gasteiger partial charge in [-0.05, 0) is 33.6 Å². The monoisotopic (exact) mass is 277 g/mol. The summed E-state index contributed by atoms with van der Waals surface area (Å²) < 4.78 is 28.9. The molecule has 18 heavy (non-hydrogen) atoms. The standard InChI is InChI=1S/C12H27N3O2S/c1-11(2,3)14-18(16,17)15(4)12(10-13)8-6-5-7-9-12/h14H,5-10,13H2,1-4H3. The van der Waals surface area contributed by atoms with E-state index >= 15 is 0 Å². The van der Waals surface area contributed by atoms with E-state index in [4.69, 9.17) is 5.73 Å². The van der Waals surface area contributed by atoms with Crippen molar-refractivity contribution < 1.29 is 8.42 Å². The summed E-state index contributed by atoms with van der Waals surface area (Å²) >= 11 is 0. The lowest BCUT2D eigenvalue weighted by Gasteiger charge is -2.43. The van der Waals surface area contributed by atoms with E-state index in [-0.39, 0.29) is 0 Å². The maximum atomic E-state index is 12.4. The van der Waals surface area contributed by atoms with Crippen LogP contribution in [0.3, 0.4) is 0 Å². The van der Waals surface area contributed by atoms with Gasteiger partial charge < -0.3 is 5.73 Å². The first kappa shape index (κ1) is 15.9. The van der Waals surface area contributed by atoms with Crippen molar-refractivity contribution in [3.63, 3.8) is 0 Å². The predicted octanol–water partition coefficient (Wildman–Crippen LogP) is 1.21. The van der Waals surface area contributed by atoms with Gasteiger partial charge in [0.1, 0.15) is 0 Å². The Balaban J connectivity index is 2.93. The molecule has 0 heterocycles. The molecule has 0 aromatic heterocycles. The molecule has 3 N–H and O–H groups in total. The number of hydrogen-bond donors (Lipinski definition) is 2. The number of nitrogens with one attached hydrogen (secondary N) is 1. The Bertz CT molecular complexity index is 367. The van der Waals surface area contributed by atoms with E-state index in [0.29, 0.717) is 6.54 Å². The van der Waals surface area contributed by atoms with Crippen molar-refractivity contribution in [2.45, 2.75) is 64.0 Å². The van der Waals surface area contributed by atoms with Crippen LogP contribution in [0.4, 0.5) is 0 Å². The van der Waals surface area contributed by atoms with Crippen LogP contribution >= 0.6 is 0 Å². The topological polar surface area (TPSA) is 75.4 Å². The van der Waals surface area contributed by atoms with Crippen molar-refractivity contribution in [2.75, 3.05) is 13.6 Å². The van der Waals surface area contributed by atoms with Gasteiger partial charge in [-0.1, -0.05) is 19.3 Å². The smallest absolute Gasteiger partial charge is 0.280 e. The van der Waals surface area contributed by atoms with Crippen molar-refractivity contribution in [1.82, 2.24) is 9.03 Å². The molecule has 6 heteroatoms. The molecule has 0 aromatic rings. The van der Waals surface area contributed by atoms with E-state index in [0.717, 1.165) is 25.7 Å². The van der Waals surface area contributed by atoms with E-state index in [1.165, 1.54) is 10.7 Å². The van der Waals surface area contributed by atoms with Gasteiger partial charge in [-0.3, -0.25) is 0 Å². The van der Waals surface area contributed by atoms with Crippen LogP contribution < -0.4 is 10.5 Å². The Labute approximate surface area is 111 Å². The lowest BCUT2D eigenvalue weighted by atomic mass is 9.82. The summed E-state index contributed by atoms with van der Waals surface area (Å²) in [6, 6.07) is 0. The zero-order chi connectivity index (χ0) is 14.0. The molecule has 1 rings (SSSR count). The average molecular weight is 277 g/mol. The third-order valence-corrected chi connectivity index (χ3v) is 5.61. The Morgan fingerprint density at radius 3 is 2.11 bits per heavy atom. The van der Waals surface area contributed by atoms with Gasteiger partial charge >= 0.3 is 0 Å². The maximum absolute atomic E-state index is 12.4. The maximum Gasteiger partial charge on any atom is 0.280 e. The molecular weight excluding hydrogens is 250 g/mol. The van der Waals surface area contributed by atoms with Crippen LogP contribution in [0.15, 0.2) is 0 Å². The Morgan fingerprint density at radius 1 is 1.22 bits per heavy atom. The van der Waals surface area contributed by atoms with Crippen LogP contribution in [0.25, 0.3) is 0 Å². The highest BCUT2D eigenvalue weighted by molar-refractivity contribution is 7.87. The van der Waals surface area contributed by atoms with Crippen LogP contribution in [0.1, 0.15) is 52.9 Å². The number of hydrogen-bond acceptors (Lipinski definition) is 3. The molecule has 108 valence electrons. The molecule has 0 unspecified atom stereocenters. The van der Waals surface area contributed by atoms with Gasteiger partial charge in [0.2, 0.25) is 0 Å². The fraction of sp³-hybridized carbons (Fsp3) is 1.00. The summed E-state index contributed by atoms with van der Waals surface area (Å²) in [5, 5.41) is 0. The molecule has 0 radical (unpaired) electrons. The highest BCUT2D eigenvalue weighted by Crippen LogP contribution is 2.33. The number of likely N-dealkylation sites (N-methyl/N-ethyl adjacent to an activating group) is 1. The highest BCUT2D eigenvalue weighted by atomic mass is 32.2. The fourth-order valence-electron chi connectivity index (χ4n) is 2.57. The van der Waals surface area contributed by atoms with Crippen LogP contribution in [0.5, 0.6) is 0 Å². The van der Waals surface area contributed by atoms with Gasteiger partial charge in [-0.15, -0.1) is 0 Å². The van der Waals surface area contributed by atoms with Crippen LogP contribution in [-0.4, -0.2) is 37.4 Å². The summed E-state index contributed by atoms with van der Waals surface area (Å²) in [5.74, 6) is 0. The van der Waals surface area contributed by atoms with E-state index in [2.05, 4.69) is 4.72 Å². The molecule has 0 amide bonds. The van der Waals surface area contributed by atoms with Gasteiger partial charge in [-0.25, -0.2) is 0 Å². The normalized spacial score (nSPS) is 21.2. The lowest BCUT2D eigenvalue weighted by molar-refractivity contribution is 0.156. The molecular formula is C12H27N3O2S. The third-order valence-electron chi connectivity index (χ3n) is 3.63. The van der Waals surface area contributed by atoms with Gasteiger partial charge in [0.25, 0.3) is 10.2 Å².